The van der Waals surface area contributed by atoms with Crippen molar-refractivity contribution in [3.8, 4) is 11.4 Å². The van der Waals surface area contributed by atoms with Gasteiger partial charge in [-0.25, -0.2) is 8.78 Å². The second-order valence-corrected chi connectivity index (χ2v) is 6.37. The van der Waals surface area contributed by atoms with Crippen molar-refractivity contribution in [2.45, 2.75) is 12.0 Å². The third kappa shape index (κ3) is 5.35. The average Bonchev–Trinajstić information content (AvgIpc) is 2.68. The number of nitrogens with one attached hydrogen (secondary N) is 1. The van der Waals surface area contributed by atoms with Crippen LogP contribution in [0.1, 0.15) is 22.3 Å². The number of carbonyl (C=O) groups is 1. The minimum absolute atomic E-state index is 0.0460. The van der Waals surface area contributed by atoms with Gasteiger partial charge in [0.15, 0.2) is 0 Å². The van der Waals surface area contributed by atoms with Gasteiger partial charge in [-0.1, -0.05) is 0 Å². The van der Waals surface area contributed by atoms with Crippen molar-refractivity contribution in [2.75, 3.05) is 5.32 Å². The molecule has 0 spiro atoms. The summed E-state index contributed by atoms with van der Waals surface area (Å²) in [6.45, 7) is 0. The van der Waals surface area contributed by atoms with Crippen LogP contribution in [0.4, 0.5) is 23.2 Å². The van der Waals surface area contributed by atoms with Gasteiger partial charge in [0.25, 0.3) is 17.9 Å². The highest BCUT2D eigenvalue weighted by molar-refractivity contribution is 6.20. The molecule has 0 aliphatic heterocycles. The van der Waals surface area contributed by atoms with E-state index in [1.807, 2.05) is 0 Å². The van der Waals surface area contributed by atoms with E-state index in [1.54, 1.807) is 0 Å². The van der Waals surface area contributed by atoms with Gasteiger partial charge in [-0.05, 0) is 36.4 Å². The zero-order valence-corrected chi connectivity index (χ0v) is 15.6. The normalized spacial score (nSPS) is 11.4. The van der Waals surface area contributed by atoms with E-state index in [0.717, 1.165) is 22.9 Å². The molecule has 3 aromatic rings. The largest absolute Gasteiger partial charge is 0.487 e. The molecule has 0 radical (unpaired) electrons. The number of hydrogen-bond donors (Lipinski definition) is 1. The Morgan fingerprint density at radius 3 is 2.47 bits per heavy atom. The van der Waals surface area contributed by atoms with Crippen LogP contribution in [-0.4, -0.2) is 21.0 Å². The van der Waals surface area contributed by atoms with Crippen molar-refractivity contribution in [1.29, 1.82) is 0 Å². The molecule has 3 rings (SSSR count). The summed E-state index contributed by atoms with van der Waals surface area (Å²) in [4.78, 5) is 28.3. The first kappa shape index (κ1) is 21.3. The van der Waals surface area contributed by atoms with E-state index in [-0.39, 0.29) is 28.3 Å². The average molecular weight is 442 g/mol. The minimum Gasteiger partial charge on any atom is -0.420 e. The molecule has 0 unspecified atom stereocenters. The van der Waals surface area contributed by atoms with E-state index in [0.29, 0.717) is 0 Å². The number of pyridine rings is 2. The number of nitrogens with zero attached hydrogens (tertiary/aromatic N) is 2. The first-order valence-corrected chi connectivity index (χ1v) is 8.63. The number of aromatic nitrogens is 2. The molecule has 0 bridgehead atoms. The fourth-order valence-electron chi connectivity index (χ4n) is 2.46. The van der Waals surface area contributed by atoms with Crippen LogP contribution < -0.4 is 15.6 Å². The molecule has 2 aromatic heterocycles. The second kappa shape index (κ2) is 8.54. The summed E-state index contributed by atoms with van der Waals surface area (Å²) >= 11 is 4.68. The molecular weight excluding hydrogens is 430 g/mol. The molecule has 1 amide bonds. The number of anilines is 1. The summed E-state index contributed by atoms with van der Waals surface area (Å²) in [5, 5.41) is 2.51. The Labute approximate surface area is 171 Å². The highest BCUT2D eigenvalue weighted by Gasteiger charge is 2.27. The van der Waals surface area contributed by atoms with Crippen molar-refractivity contribution in [2.24, 2.45) is 0 Å². The molecule has 0 fully saturated rings. The molecule has 6 nitrogen and oxygen atoms in total. The van der Waals surface area contributed by atoms with Crippen molar-refractivity contribution in [3.05, 3.63) is 82.5 Å². The van der Waals surface area contributed by atoms with Gasteiger partial charge in [0.2, 0.25) is 0 Å². The molecule has 0 saturated carbocycles. The first-order chi connectivity index (χ1) is 14.1. The van der Waals surface area contributed by atoms with E-state index in [1.165, 1.54) is 42.7 Å². The summed E-state index contributed by atoms with van der Waals surface area (Å²) in [5.74, 6) is -0.842. The van der Waals surface area contributed by atoms with Crippen LogP contribution >= 0.6 is 11.6 Å². The molecule has 1 N–H and O–H groups in total. The van der Waals surface area contributed by atoms with Crippen LogP contribution in [-0.2, 0) is 0 Å². The molecule has 156 valence electrons. The van der Waals surface area contributed by atoms with Crippen molar-refractivity contribution in [1.82, 2.24) is 9.55 Å². The van der Waals surface area contributed by atoms with Crippen LogP contribution in [0.5, 0.6) is 5.75 Å². The number of benzene rings is 1. The summed E-state index contributed by atoms with van der Waals surface area (Å²) in [7, 11) is 0. The molecule has 0 atom stereocenters. The standard InChI is InChI=1S/C19H12ClF4N3O3/c20-19(23,24)30-15-4-2-13(3-5-15)26-18(29)11-1-6-16(28)27(10-11)14-7-12(17(21)22)8-25-9-14/h1-10,17H,(H,26,29). The van der Waals surface area contributed by atoms with Gasteiger partial charge in [-0.3, -0.25) is 19.1 Å². The lowest BCUT2D eigenvalue weighted by Crippen LogP contribution is -2.21. The maximum Gasteiger partial charge on any atom is 0.487 e. The van der Waals surface area contributed by atoms with Gasteiger partial charge < -0.3 is 10.1 Å². The fourth-order valence-corrected chi connectivity index (χ4v) is 2.55. The fraction of sp³-hybridized carbons (Fsp3) is 0.105. The van der Waals surface area contributed by atoms with E-state index in [4.69, 9.17) is 0 Å². The van der Waals surface area contributed by atoms with E-state index in [9.17, 15) is 27.2 Å². The Morgan fingerprint density at radius 1 is 1.13 bits per heavy atom. The number of amides is 1. The molecule has 30 heavy (non-hydrogen) atoms. The maximum atomic E-state index is 12.9. The number of hydrogen-bond acceptors (Lipinski definition) is 4. The Hall–Kier alpha value is -3.40. The Kier molecular flexibility index (Phi) is 6.06. The lowest BCUT2D eigenvalue weighted by atomic mass is 10.2. The lowest BCUT2D eigenvalue weighted by molar-refractivity contribution is -0.0964. The van der Waals surface area contributed by atoms with Gasteiger partial charge in [-0.15, -0.1) is 8.78 Å². The van der Waals surface area contributed by atoms with Gasteiger partial charge >= 0.3 is 5.57 Å². The van der Waals surface area contributed by atoms with Crippen LogP contribution in [0.2, 0.25) is 0 Å². The topological polar surface area (TPSA) is 73.2 Å². The zero-order valence-electron chi connectivity index (χ0n) is 14.9. The Balaban J connectivity index is 1.81. The van der Waals surface area contributed by atoms with Gasteiger partial charge in [0.05, 0.1) is 17.4 Å². The molecule has 2 heterocycles. The Morgan fingerprint density at radius 2 is 1.83 bits per heavy atom. The van der Waals surface area contributed by atoms with Crippen LogP contribution in [0.15, 0.2) is 65.8 Å². The third-order valence-corrected chi connectivity index (χ3v) is 3.87. The van der Waals surface area contributed by atoms with Crippen molar-refractivity contribution < 1.29 is 27.1 Å². The highest BCUT2D eigenvalue weighted by Crippen LogP contribution is 2.26. The SMILES string of the molecule is O=C(Nc1ccc(OC(F)(F)Cl)cc1)c1ccc(=O)n(-c2cncc(C(F)F)c2)c1. The molecule has 0 saturated heterocycles. The number of halogens is 5. The van der Waals surface area contributed by atoms with E-state index in [2.05, 4.69) is 26.6 Å². The van der Waals surface area contributed by atoms with Crippen LogP contribution in [0.25, 0.3) is 5.69 Å². The lowest BCUT2D eigenvalue weighted by Gasteiger charge is -2.12. The Bertz CT molecular complexity index is 1110. The summed E-state index contributed by atoms with van der Waals surface area (Å²) in [6, 6.07) is 8.41. The van der Waals surface area contributed by atoms with Gasteiger partial charge in [0, 0.05) is 41.3 Å². The monoisotopic (exact) mass is 441 g/mol. The molecule has 0 aliphatic rings. The highest BCUT2D eigenvalue weighted by atomic mass is 35.5. The van der Waals surface area contributed by atoms with Crippen molar-refractivity contribution in [3.63, 3.8) is 0 Å². The molecule has 11 heteroatoms. The summed E-state index contributed by atoms with van der Waals surface area (Å²) in [5.41, 5.74) is -4.43. The number of carbonyl (C=O) groups excluding carboxylic acids is 1. The summed E-state index contributed by atoms with van der Waals surface area (Å²) < 4.78 is 56.2. The van der Waals surface area contributed by atoms with Crippen LogP contribution in [0, 0.1) is 0 Å². The number of rotatable bonds is 6. The molecule has 0 aliphatic carbocycles. The van der Waals surface area contributed by atoms with E-state index >= 15 is 0 Å². The van der Waals surface area contributed by atoms with Gasteiger partial charge in [0.1, 0.15) is 5.75 Å². The first-order valence-electron chi connectivity index (χ1n) is 8.26. The predicted octanol–water partition coefficient (Wildman–Crippen LogP) is 4.59. The zero-order chi connectivity index (χ0) is 21.9. The van der Waals surface area contributed by atoms with Crippen LogP contribution in [0.3, 0.4) is 0 Å². The second-order valence-electron chi connectivity index (χ2n) is 5.93. The third-order valence-electron chi connectivity index (χ3n) is 3.79. The summed E-state index contributed by atoms with van der Waals surface area (Å²) in [6.07, 6.45) is 0.587. The van der Waals surface area contributed by atoms with Crippen molar-refractivity contribution >= 4 is 23.2 Å². The smallest absolute Gasteiger partial charge is 0.420 e. The van der Waals surface area contributed by atoms with E-state index < -0.39 is 23.5 Å². The molecular formula is C19H12ClF4N3O3. The van der Waals surface area contributed by atoms with Gasteiger partial charge in [-0.2, -0.15) is 0 Å². The predicted molar refractivity (Wildman–Crippen MR) is 101 cm³/mol. The molecule has 1 aromatic carbocycles. The quantitative estimate of drug-likeness (QED) is 0.448. The number of ether oxygens (including phenoxy) is 1. The maximum absolute atomic E-state index is 12.9. The number of alkyl halides is 5. The minimum atomic E-state index is -3.87.